The highest BCUT2D eigenvalue weighted by Crippen LogP contribution is 2.36. The van der Waals surface area contributed by atoms with E-state index in [2.05, 4.69) is 27.2 Å². The highest BCUT2D eigenvalue weighted by molar-refractivity contribution is 5.85. The highest BCUT2D eigenvalue weighted by Gasteiger charge is 2.39. The fourth-order valence-corrected chi connectivity index (χ4v) is 5.72. The van der Waals surface area contributed by atoms with Crippen LogP contribution in [-0.4, -0.2) is 79.3 Å². The Bertz CT molecular complexity index is 732. The average molecular weight is 518 g/mol. The molecule has 2 bridgehead atoms. The molecule has 3 aliphatic rings. The molecule has 0 aromatic heterocycles. The van der Waals surface area contributed by atoms with Gasteiger partial charge >= 0.3 is 0 Å². The van der Waals surface area contributed by atoms with E-state index in [4.69, 9.17) is 10.5 Å². The van der Waals surface area contributed by atoms with Crippen LogP contribution in [-0.2, 0) is 11.3 Å². The zero-order valence-electron chi connectivity index (χ0n) is 20.2. The molecule has 1 aromatic carbocycles. The first kappa shape index (κ1) is 29.1. The van der Waals surface area contributed by atoms with Crippen molar-refractivity contribution < 1.29 is 14.6 Å². The van der Waals surface area contributed by atoms with Gasteiger partial charge in [0.25, 0.3) is 0 Å². The summed E-state index contributed by atoms with van der Waals surface area (Å²) in [5, 5.41) is 13.1. The average Bonchev–Trinajstić information content (AvgIpc) is 3.00. The summed E-state index contributed by atoms with van der Waals surface area (Å²) in [5.74, 6) is 2.71. The number of likely N-dealkylation sites (tertiary alicyclic amines) is 2. The minimum Gasteiger partial charge on any atom is -0.491 e. The maximum atomic E-state index is 11.5. The second kappa shape index (κ2) is 13.9. The quantitative estimate of drug-likeness (QED) is 0.466. The number of ether oxygens (including phenoxy) is 1. The van der Waals surface area contributed by atoms with Crippen molar-refractivity contribution in [2.75, 3.05) is 46.4 Å². The molecule has 1 aliphatic carbocycles. The van der Waals surface area contributed by atoms with Gasteiger partial charge in [-0.1, -0.05) is 12.1 Å². The van der Waals surface area contributed by atoms with Crippen LogP contribution in [0.1, 0.15) is 37.7 Å². The molecular weight excluding hydrogens is 475 g/mol. The number of aliphatic hydroxyl groups excluding tert-OH is 1. The smallest absolute Gasteiger partial charge is 0.220 e. The second-order valence-corrected chi connectivity index (χ2v) is 10.1. The van der Waals surface area contributed by atoms with E-state index < -0.39 is 6.10 Å². The molecule has 1 amide bonds. The van der Waals surface area contributed by atoms with Gasteiger partial charge in [0.15, 0.2) is 0 Å². The molecule has 4 atom stereocenters. The fourth-order valence-electron chi connectivity index (χ4n) is 5.72. The van der Waals surface area contributed by atoms with E-state index in [-0.39, 0.29) is 30.7 Å². The second-order valence-electron chi connectivity index (χ2n) is 10.1. The Morgan fingerprint density at radius 1 is 1.09 bits per heavy atom. The van der Waals surface area contributed by atoms with Crippen molar-refractivity contribution in [3.05, 3.63) is 29.8 Å². The number of hydrogen-bond acceptors (Lipinski definition) is 6. The van der Waals surface area contributed by atoms with Crippen LogP contribution in [0.4, 0.5) is 0 Å². The van der Waals surface area contributed by atoms with E-state index in [1.807, 2.05) is 12.1 Å². The van der Waals surface area contributed by atoms with Crippen molar-refractivity contribution in [1.29, 1.82) is 0 Å². The lowest BCUT2D eigenvalue weighted by Crippen LogP contribution is -2.48. The Balaban J connectivity index is 0.00000204. The van der Waals surface area contributed by atoms with Gasteiger partial charge in [-0.2, -0.15) is 0 Å². The first-order valence-corrected chi connectivity index (χ1v) is 12.3. The number of rotatable bonds is 9. The molecular formula is C25H42Cl2N4O3. The number of fused-ring (bicyclic) bond motifs is 2. The molecule has 1 saturated carbocycles. The lowest BCUT2D eigenvalue weighted by Gasteiger charge is -2.36. The number of carbonyl (C=O) groups is 1. The Labute approximate surface area is 216 Å². The fraction of sp³-hybridized carbons (Fsp3) is 0.720. The molecule has 4 rings (SSSR count). The Morgan fingerprint density at radius 2 is 1.71 bits per heavy atom. The van der Waals surface area contributed by atoms with Crippen LogP contribution in [0.5, 0.6) is 5.75 Å². The normalized spacial score (nSPS) is 26.3. The molecule has 34 heavy (non-hydrogen) atoms. The van der Waals surface area contributed by atoms with Gasteiger partial charge in [0.05, 0.1) is 0 Å². The van der Waals surface area contributed by atoms with E-state index in [9.17, 15) is 9.90 Å². The topological polar surface area (TPSA) is 91.1 Å². The van der Waals surface area contributed by atoms with Crippen LogP contribution < -0.4 is 15.8 Å². The molecule has 1 aromatic rings. The minimum atomic E-state index is -0.516. The number of nitrogens with two attached hydrogens (primary N) is 1. The SMILES string of the molecule is CNC(=O)CC1CCN(CC(O)COc2ccc(CN3C[C@H]4CC[C@@H](C3)C4N)cc2)CC1.Cl.Cl. The third-order valence-corrected chi connectivity index (χ3v) is 7.68. The third-order valence-electron chi connectivity index (χ3n) is 7.68. The lowest BCUT2D eigenvalue weighted by atomic mass is 9.93. The number of amides is 1. The molecule has 9 heteroatoms. The van der Waals surface area contributed by atoms with Gasteiger partial charge in [-0.15, -0.1) is 24.8 Å². The lowest BCUT2D eigenvalue weighted by molar-refractivity contribution is -0.121. The number of halogens is 2. The van der Waals surface area contributed by atoms with Crippen molar-refractivity contribution in [3.8, 4) is 5.75 Å². The van der Waals surface area contributed by atoms with E-state index in [1.165, 1.54) is 18.4 Å². The monoisotopic (exact) mass is 516 g/mol. The van der Waals surface area contributed by atoms with Gasteiger partial charge in [-0.05, 0) is 74.2 Å². The molecule has 7 nitrogen and oxygen atoms in total. The van der Waals surface area contributed by atoms with Gasteiger partial charge in [0.2, 0.25) is 5.91 Å². The number of benzene rings is 1. The summed E-state index contributed by atoms with van der Waals surface area (Å²) in [6.07, 6.45) is 4.67. The minimum absolute atomic E-state index is 0. The number of β-amino-alcohol motifs (C(OH)–C–C–N with tert-alkyl or cyclic N) is 1. The number of nitrogens with zero attached hydrogens (tertiary/aromatic N) is 2. The number of aliphatic hydroxyl groups is 1. The summed E-state index contributed by atoms with van der Waals surface area (Å²) in [4.78, 5) is 16.3. The van der Waals surface area contributed by atoms with Crippen molar-refractivity contribution >= 4 is 30.7 Å². The van der Waals surface area contributed by atoms with Crippen LogP contribution >= 0.6 is 24.8 Å². The predicted molar refractivity (Wildman–Crippen MR) is 140 cm³/mol. The van der Waals surface area contributed by atoms with Crippen molar-refractivity contribution in [3.63, 3.8) is 0 Å². The Morgan fingerprint density at radius 3 is 2.29 bits per heavy atom. The number of nitrogens with one attached hydrogen (secondary N) is 1. The first-order chi connectivity index (χ1) is 15.5. The molecule has 3 fully saturated rings. The zero-order valence-corrected chi connectivity index (χ0v) is 21.9. The van der Waals surface area contributed by atoms with Crippen molar-refractivity contribution in [2.45, 2.75) is 50.8 Å². The zero-order chi connectivity index (χ0) is 22.5. The third kappa shape index (κ3) is 7.97. The summed E-state index contributed by atoms with van der Waals surface area (Å²) >= 11 is 0. The number of hydrogen-bond donors (Lipinski definition) is 3. The van der Waals surface area contributed by atoms with Gasteiger partial charge in [0, 0.05) is 45.7 Å². The summed E-state index contributed by atoms with van der Waals surface area (Å²) in [5.41, 5.74) is 7.62. The van der Waals surface area contributed by atoms with E-state index >= 15 is 0 Å². The number of piperidine rings is 2. The first-order valence-electron chi connectivity index (χ1n) is 12.3. The maximum Gasteiger partial charge on any atom is 0.220 e. The Hall–Kier alpha value is -1.09. The largest absolute Gasteiger partial charge is 0.491 e. The van der Waals surface area contributed by atoms with Crippen LogP contribution in [0.25, 0.3) is 0 Å². The summed E-state index contributed by atoms with van der Waals surface area (Å²) < 4.78 is 5.84. The molecule has 4 N–H and O–H groups in total. The van der Waals surface area contributed by atoms with Crippen LogP contribution in [0, 0.1) is 17.8 Å². The van der Waals surface area contributed by atoms with Gasteiger partial charge in [0.1, 0.15) is 18.5 Å². The molecule has 2 aliphatic heterocycles. The van der Waals surface area contributed by atoms with Gasteiger partial charge in [-0.3, -0.25) is 9.69 Å². The molecule has 2 saturated heterocycles. The standard InChI is InChI=1S/C25H40N4O3.2ClH/c1-27-24(31)12-18-8-10-28(11-9-18)16-22(30)17-32-23-6-2-19(3-7-23)13-29-14-20-4-5-21(15-29)25(20)26;;/h2-3,6-7,18,20-22,25,30H,4-5,8-17,26H2,1H3,(H,27,31);2*1H/t20-,21+,22?,25?;;. The summed E-state index contributed by atoms with van der Waals surface area (Å²) in [6, 6.07) is 8.69. The van der Waals surface area contributed by atoms with Crippen LogP contribution in [0.3, 0.4) is 0 Å². The van der Waals surface area contributed by atoms with Gasteiger partial charge in [-0.25, -0.2) is 0 Å². The van der Waals surface area contributed by atoms with Crippen LogP contribution in [0.15, 0.2) is 24.3 Å². The van der Waals surface area contributed by atoms with E-state index in [1.54, 1.807) is 7.05 Å². The maximum absolute atomic E-state index is 11.5. The molecule has 0 spiro atoms. The van der Waals surface area contributed by atoms with Crippen molar-refractivity contribution in [1.82, 2.24) is 15.1 Å². The predicted octanol–water partition coefficient (Wildman–Crippen LogP) is 2.29. The summed E-state index contributed by atoms with van der Waals surface area (Å²) in [6.45, 7) is 5.97. The molecule has 2 heterocycles. The molecule has 194 valence electrons. The van der Waals surface area contributed by atoms with Gasteiger partial charge < -0.3 is 25.8 Å². The van der Waals surface area contributed by atoms with Crippen LogP contribution in [0.2, 0.25) is 0 Å². The van der Waals surface area contributed by atoms with E-state index in [0.717, 1.165) is 51.3 Å². The van der Waals surface area contributed by atoms with Crippen molar-refractivity contribution in [2.24, 2.45) is 23.5 Å². The molecule has 0 radical (unpaired) electrons. The number of carbonyl (C=O) groups excluding carboxylic acids is 1. The van der Waals surface area contributed by atoms with E-state index in [0.29, 0.717) is 43.4 Å². The molecule has 2 unspecified atom stereocenters. The highest BCUT2D eigenvalue weighted by atomic mass is 35.5. The Kier molecular flexibility index (Phi) is 11.9. The summed E-state index contributed by atoms with van der Waals surface area (Å²) in [7, 11) is 1.69.